The van der Waals surface area contributed by atoms with Gasteiger partial charge < -0.3 is 39.8 Å². The van der Waals surface area contributed by atoms with Gasteiger partial charge in [-0.25, -0.2) is 9.78 Å². The van der Waals surface area contributed by atoms with Crippen molar-refractivity contribution < 1.29 is 38.1 Å². The fourth-order valence-corrected chi connectivity index (χ4v) is 8.58. The van der Waals surface area contributed by atoms with Gasteiger partial charge in [-0.3, -0.25) is 24.2 Å². The number of morpholine rings is 2. The molecule has 0 saturated carbocycles. The van der Waals surface area contributed by atoms with Crippen LogP contribution in [0.3, 0.4) is 0 Å². The van der Waals surface area contributed by atoms with Gasteiger partial charge in [-0.1, -0.05) is 30.4 Å². The number of urea groups is 1. The molecule has 15 nitrogen and oxygen atoms in total. The van der Waals surface area contributed by atoms with Gasteiger partial charge in [0.15, 0.2) is 5.13 Å². The Morgan fingerprint density at radius 3 is 2.44 bits per heavy atom. The van der Waals surface area contributed by atoms with Crippen LogP contribution in [0, 0.1) is 0 Å². The molecule has 1 spiro atoms. The van der Waals surface area contributed by atoms with Crippen molar-refractivity contribution in [3.63, 3.8) is 0 Å². The number of nitrogens with one attached hydrogen (secondary N) is 3. The Labute approximate surface area is 325 Å². The first kappa shape index (κ1) is 39.1. The number of carbonyl (C=O) groups excluding carboxylic acids is 4. The number of thiazole rings is 1. The van der Waals surface area contributed by atoms with Gasteiger partial charge in [0.25, 0.3) is 17.7 Å². The number of hydrogen-bond acceptors (Lipinski definition) is 11. The Kier molecular flexibility index (Phi) is 12.6. The van der Waals surface area contributed by atoms with E-state index in [-0.39, 0.29) is 30.8 Å². The van der Waals surface area contributed by atoms with Crippen LogP contribution < -0.4 is 16.0 Å². The number of carbonyl (C=O) groups is 4. The normalized spacial score (nSPS) is 24.6. The number of amides is 5. The highest BCUT2D eigenvalue weighted by molar-refractivity contribution is 7.14. The highest BCUT2D eigenvalue weighted by Gasteiger charge is 2.55. The number of anilines is 1. The molecule has 4 fully saturated rings. The lowest BCUT2D eigenvalue weighted by atomic mass is 9.94. The fraction of sp³-hybridized carbons (Fsp3) is 0.564. The molecular weight excluding hydrogens is 727 g/mol. The van der Waals surface area contributed by atoms with E-state index in [4.69, 9.17) is 18.9 Å². The van der Waals surface area contributed by atoms with Crippen LogP contribution in [0.4, 0.5) is 9.93 Å². The van der Waals surface area contributed by atoms with E-state index < -0.39 is 29.6 Å². The smallest absolute Gasteiger partial charge is 0.318 e. The Bertz CT molecular complexity index is 1740. The highest BCUT2D eigenvalue weighted by Crippen LogP contribution is 2.39. The third-order valence-electron chi connectivity index (χ3n) is 10.7. The molecule has 3 N–H and O–H groups in total. The molecule has 1 aromatic carbocycles. The SMILES string of the molecule is C[C@@H]1CN(C(=O)N[C@@H](C(=O)N2[C@H](C(=O)Nc3nc(-c4ccc(C(=O)NCCN5CCOCC5)cc4)cs3)COC23CCOCC3)C2=CC=CCC2)C[C@H](C)O1. The van der Waals surface area contributed by atoms with E-state index in [2.05, 4.69) is 25.8 Å². The minimum absolute atomic E-state index is 0.0100. The molecular formula is C39H51N7O8S. The molecule has 5 heterocycles. The first-order valence-corrected chi connectivity index (χ1v) is 20.1. The predicted octanol–water partition coefficient (Wildman–Crippen LogP) is 3.01. The number of aromatic nitrogens is 1. The van der Waals surface area contributed by atoms with Crippen molar-refractivity contribution in [2.24, 2.45) is 0 Å². The molecule has 5 aliphatic rings. The lowest BCUT2D eigenvalue weighted by Gasteiger charge is -2.43. The van der Waals surface area contributed by atoms with E-state index in [1.54, 1.807) is 21.9 Å². The molecule has 0 bridgehead atoms. The molecule has 1 aliphatic carbocycles. The molecule has 0 radical (unpaired) electrons. The van der Waals surface area contributed by atoms with Gasteiger partial charge >= 0.3 is 6.03 Å². The molecule has 5 amide bonds. The van der Waals surface area contributed by atoms with Gasteiger partial charge in [0.2, 0.25) is 0 Å². The van der Waals surface area contributed by atoms with Crippen LogP contribution >= 0.6 is 11.3 Å². The summed E-state index contributed by atoms with van der Waals surface area (Å²) in [6, 6.07) is 4.86. The lowest BCUT2D eigenvalue weighted by molar-refractivity contribution is -0.171. The van der Waals surface area contributed by atoms with Gasteiger partial charge in [-0.15, -0.1) is 11.3 Å². The molecule has 16 heteroatoms. The number of hydrogen-bond donors (Lipinski definition) is 3. The van der Waals surface area contributed by atoms with E-state index in [0.29, 0.717) is 81.7 Å². The molecule has 4 saturated heterocycles. The minimum Gasteiger partial charge on any atom is -0.381 e. The summed E-state index contributed by atoms with van der Waals surface area (Å²) in [5.41, 5.74) is 1.69. The van der Waals surface area contributed by atoms with E-state index in [0.717, 1.165) is 37.2 Å². The van der Waals surface area contributed by atoms with E-state index in [1.165, 1.54) is 11.3 Å². The van der Waals surface area contributed by atoms with Crippen molar-refractivity contribution in [2.45, 2.75) is 69.5 Å². The number of benzene rings is 1. The second kappa shape index (κ2) is 17.7. The quantitative estimate of drug-likeness (QED) is 0.327. The van der Waals surface area contributed by atoms with Crippen LogP contribution in [-0.2, 0) is 28.5 Å². The van der Waals surface area contributed by atoms with Crippen molar-refractivity contribution in [1.82, 2.24) is 30.3 Å². The maximum atomic E-state index is 14.9. The predicted molar refractivity (Wildman–Crippen MR) is 206 cm³/mol. The highest BCUT2D eigenvalue weighted by atomic mass is 32.1. The zero-order chi connectivity index (χ0) is 38.4. The average Bonchev–Trinajstić information content (AvgIpc) is 3.82. The Morgan fingerprint density at radius 1 is 1.00 bits per heavy atom. The molecule has 55 heavy (non-hydrogen) atoms. The van der Waals surface area contributed by atoms with Crippen LogP contribution in [0.25, 0.3) is 11.3 Å². The molecule has 0 unspecified atom stereocenters. The Morgan fingerprint density at radius 2 is 1.73 bits per heavy atom. The summed E-state index contributed by atoms with van der Waals surface area (Å²) < 4.78 is 23.2. The summed E-state index contributed by atoms with van der Waals surface area (Å²) in [7, 11) is 0. The monoisotopic (exact) mass is 777 g/mol. The molecule has 1 aromatic heterocycles. The topological polar surface area (TPSA) is 164 Å². The summed E-state index contributed by atoms with van der Waals surface area (Å²) in [4.78, 5) is 65.7. The fourth-order valence-electron chi connectivity index (χ4n) is 7.86. The average molecular weight is 778 g/mol. The maximum absolute atomic E-state index is 14.9. The minimum atomic E-state index is -1.06. The molecule has 296 valence electrons. The first-order chi connectivity index (χ1) is 26.7. The zero-order valence-electron chi connectivity index (χ0n) is 31.5. The van der Waals surface area contributed by atoms with Gasteiger partial charge in [0, 0.05) is 68.6 Å². The molecule has 4 aliphatic heterocycles. The zero-order valence-corrected chi connectivity index (χ0v) is 32.3. The summed E-state index contributed by atoms with van der Waals surface area (Å²) in [5.74, 6) is -0.969. The second-order valence-corrected chi connectivity index (χ2v) is 15.5. The van der Waals surface area contributed by atoms with E-state index in [1.807, 2.05) is 49.6 Å². The van der Waals surface area contributed by atoms with Crippen molar-refractivity contribution in [2.75, 3.05) is 77.6 Å². The Balaban J connectivity index is 1.04. The van der Waals surface area contributed by atoms with Crippen LogP contribution in [0.5, 0.6) is 0 Å². The van der Waals surface area contributed by atoms with E-state index in [9.17, 15) is 19.2 Å². The molecule has 4 atom stereocenters. The molecule has 7 rings (SSSR count). The van der Waals surface area contributed by atoms with Crippen molar-refractivity contribution in [3.8, 4) is 11.3 Å². The number of nitrogens with zero attached hydrogens (tertiary/aromatic N) is 4. The van der Waals surface area contributed by atoms with Gasteiger partial charge in [0.05, 0.1) is 50.9 Å². The summed E-state index contributed by atoms with van der Waals surface area (Å²) in [6.45, 7) is 9.87. The van der Waals surface area contributed by atoms with Crippen LogP contribution in [0.2, 0.25) is 0 Å². The van der Waals surface area contributed by atoms with Gasteiger partial charge in [0.1, 0.15) is 17.8 Å². The van der Waals surface area contributed by atoms with Crippen molar-refractivity contribution in [1.29, 1.82) is 0 Å². The Hall–Kier alpha value is -4.19. The van der Waals surface area contributed by atoms with Crippen molar-refractivity contribution >= 4 is 40.2 Å². The van der Waals surface area contributed by atoms with E-state index >= 15 is 0 Å². The third-order valence-corrected chi connectivity index (χ3v) is 11.5. The lowest BCUT2D eigenvalue weighted by Crippen LogP contribution is -2.63. The number of rotatable bonds is 10. The van der Waals surface area contributed by atoms with Crippen LogP contribution in [-0.4, -0.2) is 146 Å². The summed E-state index contributed by atoms with van der Waals surface area (Å²) in [6.07, 6.45) is 7.63. The van der Waals surface area contributed by atoms with Crippen LogP contribution in [0.15, 0.2) is 53.4 Å². The van der Waals surface area contributed by atoms with Gasteiger partial charge in [-0.2, -0.15) is 0 Å². The largest absolute Gasteiger partial charge is 0.381 e. The molecule has 2 aromatic rings. The summed E-state index contributed by atoms with van der Waals surface area (Å²) >= 11 is 1.27. The summed E-state index contributed by atoms with van der Waals surface area (Å²) in [5, 5.41) is 11.2. The van der Waals surface area contributed by atoms with Crippen molar-refractivity contribution in [3.05, 3.63) is 59.0 Å². The maximum Gasteiger partial charge on any atom is 0.318 e. The van der Waals surface area contributed by atoms with Crippen LogP contribution in [0.1, 0.15) is 49.9 Å². The first-order valence-electron chi connectivity index (χ1n) is 19.3. The third kappa shape index (κ3) is 9.27. The number of ether oxygens (including phenoxy) is 4. The number of allylic oxidation sites excluding steroid dienone is 3. The second-order valence-electron chi connectivity index (χ2n) is 14.7. The standard InChI is InChI=1S/C39H51N7O8S/c1-26-22-45(23-27(2)54-26)38(50)42-33(29-6-4-3-5-7-29)36(49)46-32(24-53-39(46)12-18-51-19-13-39)35(48)43-37-41-31(25-55-37)28-8-10-30(11-9-28)34(47)40-14-15-44-16-20-52-21-17-44/h3-4,6,8-11,25-27,32-33H,5,7,12-24H2,1-2H3,(H,40,47)(H,42,50)(H,41,43,48)/t26-,27+,32-,33+/m0/s1. The van der Waals surface area contributed by atoms with Gasteiger partial charge in [-0.05, 0) is 44.4 Å².